The van der Waals surface area contributed by atoms with Crippen molar-refractivity contribution in [2.24, 2.45) is 0 Å². The number of rotatable bonds is 7. The van der Waals surface area contributed by atoms with Gasteiger partial charge in [-0.15, -0.1) is 0 Å². The van der Waals surface area contributed by atoms with Crippen LogP contribution < -0.4 is 10.0 Å². The van der Waals surface area contributed by atoms with Crippen LogP contribution in [0, 0.1) is 6.92 Å². The first-order valence-electron chi connectivity index (χ1n) is 6.30. The van der Waals surface area contributed by atoms with Crippen LogP contribution in [0.3, 0.4) is 0 Å². The zero-order valence-corrected chi connectivity index (χ0v) is 12.3. The lowest BCUT2D eigenvalue weighted by Gasteiger charge is -2.07. The molecule has 0 aliphatic rings. The number of sulfonamides is 1. The van der Waals surface area contributed by atoms with Gasteiger partial charge in [-0.25, -0.2) is 13.1 Å². The molecule has 2 rings (SSSR count). The number of hydrogen-bond donors (Lipinski definition) is 3. The lowest BCUT2D eigenvalue weighted by atomic mass is 10.3. The van der Waals surface area contributed by atoms with Gasteiger partial charge < -0.3 is 9.73 Å². The Hall–Kier alpha value is -1.64. The highest BCUT2D eigenvalue weighted by Gasteiger charge is 2.23. The zero-order valence-electron chi connectivity index (χ0n) is 11.4. The number of nitrogens with zero attached hydrogens (tertiary/aromatic N) is 1. The fraction of sp³-hybridized carbons (Fsp3) is 0.417. The van der Waals surface area contributed by atoms with Crippen molar-refractivity contribution in [3.05, 3.63) is 35.5 Å². The Bertz CT molecular complexity index is 646. The Balaban J connectivity index is 2.18. The number of aromatic nitrogens is 2. The summed E-state index contributed by atoms with van der Waals surface area (Å²) in [5.74, 6) is 0. The number of hydrogen-bond acceptors (Lipinski definition) is 5. The minimum absolute atomic E-state index is 0.185. The number of aromatic amines is 1. The van der Waals surface area contributed by atoms with E-state index in [9.17, 15) is 8.42 Å². The molecule has 2 heterocycles. The molecule has 3 N–H and O–H groups in total. The van der Waals surface area contributed by atoms with Crippen molar-refractivity contribution in [3.63, 3.8) is 0 Å². The third kappa shape index (κ3) is 3.27. The first kappa shape index (κ1) is 14.8. The Labute approximate surface area is 117 Å². The average molecular weight is 298 g/mol. The lowest BCUT2D eigenvalue weighted by molar-refractivity contribution is 0.560. The van der Waals surface area contributed by atoms with Gasteiger partial charge in [0.25, 0.3) is 0 Å². The molecule has 0 amide bonds. The maximum Gasteiger partial charge on any atom is 0.244 e. The summed E-state index contributed by atoms with van der Waals surface area (Å²) >= 11 is 0. The molecule has 0 fully saturated rings. The summed E-state index contributed by atoms with van der Waals surface area (Å²) in [4.78, 5) is 0.210. The van der Waals surface area contributed by atoms with Crippen molar-refractivity contribution >= 4 is 10.0 Å². The maximum absolute atomic E-state index is 12.4. The van der Waals surface area contributed by atoms with E-state index in [4.69, 9.17) is 4.42 Å². The quantitative estimate of drug-likeness (QED) is 0.705. The van der Waals surface area contributed by atoms with Crippen molar-refractivity contribution in [1.82, 2.24) is 20.2 Å². The Kier molecular flexibility index (Phi) is 4.58. The summed E-state index contributed by atoms with van der Waals surface area (Å²) in [6, 6.07) is 1.71. The van der Waals surface area contributed by atoms with Crippen LogP contribution in [-0.4, -0.2) is 25.2 Å². The van der Waals surface area contributed by atoms with Gasteiger partial charge in [-0.3, -0.25) is 5.10 Å². The Morgan fingerprint density at radius 2 is 2.20 bits per heavy atom. The van der Waals surface area contributed by atoms with Gasteiger partial charge in [0.15, 0.2) is 0 Å². The van der Waals surface area contributed by atoms with Gasteiger partial charge in [0.1, 0.15) is 4.90 Å². The molecule has 0 aliphatic carbocycles. The first-order valence-corrected chi connectivity index (χ1v) is 7.78. The second-order valence-corrected chi connectivity index (χ2v) is 6.06. The Morgan fingerprint density at radius 1 is 1.40 bits per heavy atom. The van der Waals surface area contributed by atoms with Crippen molar-refractivity contribution < 1.29 is 12.8 Å². The monoisotopic (exact) mass is 298 g/mol. The largest absolute Gasteiger partial charge is 0.472 e. The van der Waals surface area contributed by atoms with Crippen LogP contribution in [0.2, 0.25) is 0 Å². The van der Waals surface area contributed by atoms with Crippen molar-refractivity contribution in [2.45, 2.75) is 31.8 Å². The lowest BCUT2D eigenvalue weighted by Crippen LogP contribution is -2.25. The normalized spacial score (nSPS) is 11.9. The fourth-order valence-corrected chi connectivity index (χ4v) is 3.21. The molecule has 8 heteroatoms. The van der Waals surface area contributed by atoms with E-state index in [1.165, 1.54) is 12.5 Å². The highest BCUT2D eigenvalue weighted by molar-refractivity contribution is 7.89. The molecule has 110 valence electrons. The third-order valence-electron chi connectivity index (χ3n) is 2.82. The van der Waals surface area contributed by atoms with Gasteiger partial charge in [-0.2, -0.15) is 5.10 Å². The molecule has 2 aromatic heterocycles. The molecule has 0 atom stereocenters. The van der Waals surface area contributed by atoms with Gasteiger partial charge in [0, 0.05) is 18.7 Å². The third-order valence-corrected chi connectivity index (χ3v) is 4.42. The summed E-state index contributed by atoms with van der Waals surface area (Å²) in [6.45, 7) is 4.97. The van der Waals surface area contributed by atoms with Crippen LogP contribution in [0.1, 0.15) is 23.9 Å². The van der Waals surface area contributed by atoms with Gasteiger partial charge in [0.05, 0.1) is 23.9 Å². The van der Waals surface area contributed by atoms with E-state index in [-0.39, 0.29) is 11.4 Å². The zero-order chi connectivity index (χ0) is 14.6. The first-order chi connectivity index (χ1) is 9.54. The van der Waals surface area contributed by atoms with E-state index in [0.717, 1.165) is 12.1 Å². The highest BCUT2D eigenvalue weighted by Crippen LogP contribution is 2.17. The standard InChI is InChI=1S/C12H18N4O3S/c1-3-13-7-11-12(9(2)15-16-11)20(17,18)14-6-10-4-5-19-8-10/h4-5,8,13-14H,3,6-7H2,1-2H3,(H,15,16). The van der Waals surface area contributed by atoms with E-state index in [0.29, 0.717) is 17.9 Å². The van der Waals surface area contributed by atoms with Crippen LogP contribution in [0.15, 0.2) is 27.9 Å². The summed E-state index contributed by atoms with van der Waals surface area (Å²) in [5.41, 5.74) is 1.78. The molecule has 20 heavy (non-hydrogen) atoms. The number of H-pyrrole nitrogens is 1. The molecule has 0 aliphatic heterocycles. The van der Waals surface area contributed by atoms with Gasteiger partial charge >= 0.3 is 0 Å². The molecular weight excluding hydrogens is 280 g/mol. The maximum atomic E-state index is 12.4. The second-order valence-electron chi connectivity index (χ2n) is 4.36. The van der Waals surface area contributed by atoms with E-state index in [1.807, 2.05) is 6.92 Å². The molecule has 2 aromatic rings. The molecule has 0 radical (unpaired) electrons. The van der Waals surface area contributed by atoms with Crippen LogP contribution >= 0.6 is 0 Å². The molecule has 0 saturated carbocycles. The molecule has 0 saturated heterocycles. The number of nitrogens with one attached hydrogen (secondary N) is 3. The van der Waals surface area contributed by atoms with E-state index in [2.05, 4.69) is 20.2 Å². The average Bonchev–Trinajstić information content (AvgIpc) is 3.03. The SMILES string of the molecule is CCNCc1n[nH]c(C)c1S(=O)(=O)NCc1ccoc1. The summed E-state index contributed by atoms with van der Waals surface area (Å²) in [6.07, 6.45) is 3.01. The minimum Gasteiger partial charge on any atom is -0.472 e. The second kappa shape index (κ2) is 6.21. The number of furan rings is 1. The number of aryl methyl sites for hydroxylation is 1. The molecule has 0 aromatic carbocycles. The molecule has 0 spiro atoms. The van der Waals surface area contributed by atoms with Crippen LogP contribution in [0.25, 0.3) is 0 Å². The van der Waals surface area contributed by atoms with Crippen molar-refractivity contribution in [1.29, 1.82) is 0 Å². The predicted molar refractivity (Wildman–Crippen MR) is 73.4 cm³/mol. The van der Waals surface area contributed by atoms with Crippen LogP contribution in [-0.2, 0) is 23.1 Å². The Morgan fingerprint density at radius 3 is 2.85 bits per heavy atom. The van der Waals surface area contributed by atoms with Gasteiger partial charge in [-0.1, -0.05) is 6.92 Å². The fourth-order valence-electron chi connectivity index (χ4n) is 1.83. The van der Waals surface area contributed by atoms with E-state index >= 15 is 0 Å². The topological polar surface area (TPSA) is 100 Å². The molecular formula is C12H18N4O3S. The molecule has 0 unspecified atom stereocenters. The van der Waals surface area contributed by atoms with Gasteiger partial charge in [-0.05, 0) is 19.5 Å². The van der Waals surface area contributed by atoms with Crippen molar-refractivity contribution in [2.75, 3.05) is 6.54 Å². The summed E-state index contributed by atoms with van der Waals surface area (Å²) in [5, 5.41) is 9.83. The molecule has 0 bridgehead atoms. The van der Waals surface area contributed by atoms with Gasteiger partial charge in [0.2, 0.25) is 10.0 Å². The van der Waals surface area contributed by atoms with E-state index in [1.54, 1.807) is 13.0 Å². The molecule has 7 nitrogen and oxygen atoms in total. The van der Waals surface area contributed by atoms with Crippen molar-refractivity contribution in [3.8, 4) is 0 Å². The smallest absolute Gasteiger partial charge is 0.244 e. The highest BCUT2D eigenvalue weighted by atomic mass is 32.2. The summed E-state index contributed by atoms with van der Waals surface area (Å²) < 4.78 is 32.2. The van der Waals surface area contributed by atoms with Crippen LogP contribution in [0.5, 0.6) is 0 Å². The van der Waals surface area contributed by atoms with E-state index < -0.39 is 10.0 Å². The minimum atomic E-state index is -3.61. The predicted octanol–water partition coefficient (Wildman–Crippen LogP) is 0.899. The van der Waals surface area contributed by atoms with Crippen LogP contribution in [0.4, 0.5) is 0 Å². The summed E-state index contributed by atoms with van der Waals surface area (Å²) in [7, 11) is -3.61.